The minimum absolute atomic E-state index is 0.235. The summed E-state index contributed by atoms with van der Waals surface area (Å²) in [5.74, 6) is 0.677. The van der Waals surface area contributed by atoms with Gasteiger partial charge < -0.3 is 15.6 Å². The molecule has 3 rings (SSSR count). The van der Waals surface area contributed by atoms with Crippen molar-refractivity contribution in [3.8, 4) is 22.7 Å². The Hall–Kier alpha value is -2.78. The van der Waals surface area contributed by atoms with Crippen molar-refractivity contribution in [3.05, 3.63) is 42.2 Å². The first-order chi connectivity index (χ1) is 13.3. The fourth-order valence-corrected chi connectivity index (χ4v) is 3.66. The Labute approximate surface area is 164 Å². The Bertz CT molecular complexity index is 1060. The highest BCUT2D eigenvalue weighted by Gasteiger charge is 2.19. The van der Waals surface area contributed by atoms with Crippen molar-refractivity contribution in [2.24, 2.45) is 0 Å². The standard InChI is InChI=1S/C19H23N5O3S/c1-12(2)28(25,26)15-6-4-13(5-7-15)16-11-22-19(20)18(23-16)17-10-14(24-27-17)8-9-21-3/h4-7,10-12,21H,8-9H2,1-3H3,(H2,20,22). The highest BCUT2D eigenvalue weighted by atomic mass is 32.2. The van der Waals surface area contributed by atoms with Crippen LogP contribution in [0.25, 0.3) is 22.7 Å². The fraction of sp³-hybridized carbons (Fsp3) is 0.316. The van der Waals surface area contributed by atoms with Gasteiger partial charge in [-0.1, -0.05) is 17.3 Å². The topological polar surface area (TPSA) is 124 Å². The summed E-state index contributed by atoms with van der Waals surface area (Å²) >= 11 is 0. The molecule has 0 spiro atoms. The third kappa shape index (κ3) is 4.05. The van der Waals surface area contributed by atoms with E-state index in [4.69, 9.17) is 10.3 Å². The van der Waals surface area contributed by atoms with E-state index in [0.29, 0.717) is 17.1 Å². The molecular weight excluding hydrogens is 378 g/mol. The van der Waals surface area contributed by atoms with Gasteiger partial charge in [0, 0.05) is 24.6 Å². The first-order valence-corrected chi connectivity index (χ1v) is 10.4. The number of benzene rings is 1. The van der Waals surface area contributed by atoms with Crippen LogP contribution >= 0.6 is 0 Å². The Morgan fingerprint density at radius 1 is 1.21 bits per heavy atom. The van der Waals surface area contributed by atoms with Crippen molar-refractivity contribution >= 4 is 15.7 Å². The molecule has 8 nitrogen and oxygen atoms in total. The van der Waals surface area contributed by atoms with Crippen LogP contribution in [0.15, 0.2) is 45.9 Å². The van der Waals surface area contributed by atoms with Crippen LogP contribution in [-0.2, 0) is 16.3 Å². The minimum atomic E-state index is -3.32. The molecular formula is C19H23N5O3S. The third-order valence-electron chi connectivity index (χ3n) is 4.32. The van der Waals surface area contributed by atoms with Crippen molar-refractivity contribution in [1.82, 2.24) is 20.4 Å². The molecule has 9 heteroatoms. The maximum Gasteiger partial charge on any atom is 0.189 e. The van der Waals surface area contributed by atoms with Gasteiger partial charge in [0.15, 0.2) is 27.1 Å². The molecule has 0 bridgehead atoms. The van der Waals surface area contributed by atoms with E-state index >= 15 is 0 Å². The van der Waals surface area contributed by atoms with Crippen molar-refractivity contribution in [3.63, 3.8) is 0 Å². The second kappa shape index (κ2) is 8.07. The lowest BCUT2D eigenvalue weighted by molar-refractivity contribution is 0.422. The van der Waals surface area contributed by atoms with Gasteiger partial charge in [-0.2, -0.15) is 0 Å². The van der Waals surface area contributed by atoms with E-state index < -0.39 is 15.1 Å². The molecule has 0 saturated carbocycles. The lowest BCUT2D eigenvalue weighted by Crippen LogP contribution is -2.13. The van der Waals surface area contributed by atoms with Crippen LogP contribution in [0.3, 0.4) is 0 Å². The molecule has 148 valence electrons. The zero-order valence-corrected chi connectivity index (χ0v) is 16.8. The lowest BCUT2D eigenvalue weighted by Gasteiger charge is -2.09. The van der Waals surface area contributed by atoms with E-state index in [0.717, 1.165) is 24.2 Å². The summed E-state index contributed by atoms with van der Waals surface area (Å²) in [4.78, 5) is 9.02. The number of rotatable bonds is 7. The first kappa shape index (κ1) is 20.0. The molecule has 0 unspecified atom stereocenters. The number of anilines is 1. The molecule has 0 saturated heterocycles. The number of sulfone groups is 1. The molecule has 1 aromatic carbocycles. The Balaban J connectivity index is 1.92. The second-order valence-electron chi connectivity index (χ2n) is 6.64. The number of nitrogens with zero attached hydrogens (tertiary/aromatic N) is 3. The van der Waals surface area contributed by atoms with Crippen molar-refractivity contribution in [2.75, 3.05) is 19.3 Å². The van der Waals surface area contributed by atoms with E-state index in [9.17, 15) is 8.42 Å². The van der Waals surface area contributed by atoms with Gasteiger partial charge in [-0.25, -0.2) is 18.4 Å². The summed E-state index contributed by atoms with van der Waals surface area (Å²) in [7, 11) is -1.46. The molecule has 0 radical (unpaired) electrons. The number of likely N-dealkylation sites (N-methyl/N-ethyl adjacent to an activating group) is 1. The zero-order valence-electron chi connectivity index (χ0n) is 16.0. The third-order valence-corrected chi connectivity index (χ3v) is 6.49. The van der Waals surface area contributed by atoms with Crippen LogP contribution in [0.1, 0.15) is 19.5 Å². The predicted molar refractivity (Wildman–Crippen MR) is 107 cm³/mol. The lowest BCUT2D eigenvalue weighted by atomic mass is 10.1. The first-order valence-electron chi connectivity index (χ1n) is 8.90. The SMILES string of the molecule is CNCCc1cc(-c2nc(-c3ccc(S(=O)(=O)C(C)C)cc3)cnc2N)on1. The smallest absolute Gasteiger partial charge is 0.189 e. The summed E-state index contributed by atoms with van der Waals surface area (Å²) in [6.45, 7) is 4.09. The van der Waals surface area contributed by atoms with Gasteiger partial charge in [-0.3, -0.25) is 0 Å². The van der Waals surface area contributed by atoms with Crippen LogP contribution in [-0.4, -0.2) is 42.4 Å². The summed E-state index contributed by atoms with van der Waals surface area (Å²) in [5.41, 5.74) is 8.45. The molecule has 28 heavy (non-hydrogen) atoms. The average Bonchev–Trinajstić information content (AvgIpc) is 3.15. The van der Waals surface area contributed by atoms with Gasteiger partial charge in [0.25, 0.3) is 0 Å². The Kier molecular flexibility index (Phi) is 5.76. The highest BCUT2D eigenvalue weighted by Crippen LogP contribution is 2.27. The van der Waals surface area contributed by atoms with Crippen molar-refractivity contribution in [2.45, 2.75) is 30.4 Å². The number of nitrogens with one attached hydrogen (secondary N) is 1. The Morgan fingerprint density at radius 2 is 1.93 bits per heavy atom. The van der Waals surface area contributed by atoms with Crippen molar-refractivity contribution in [1.29, 1.82) is 0 Å². The van der Waals surface area contributed by atoms with Crippen molar-refractivity contribution < 1.29 is 12.9 Å². The average molecular weight is 401 g/mol. The quantitative estimate of drug-likeness (QED) is 0.618. The minimum Gasteiger partial charge on any atom is -0.382 e. The maximum atomic E-state index is 12.3. The van der Waals surface area contributed by atoms with Gasteiger partial charge in [-0.05, 0) is 33.0 Å². The van der Waals surface area contributed by atoms with Crippen LogP contribution in [0.2, 0.25) is 0 Å². The largest absolute Gasteiger partial charge is 0.382 e. The van der Waals surface area contributed by atoms with Gasteiger partial charge in [0.05, 0.1) is 27.7 Å². The van der Waals surface area contributed by atoms with Gasteiger partial charge in [0.2, 0.25) is 0 Å². The second-order valence-corrected chi connectivity index (χ2v) is 9.15. The zero-order chi connectivity index (χ0) is 20.3. The molecule has 0 amide bonds. The number of nitrogen functional groups attached to an aromatic ring is 1. The molecule has 0 aliphatic rings. The number of nitrogens with two attached hydrogens (primary N) is 1. The van der Waals surface area contributed by atoms with E-state index in [1.165, 1.54) is 0 Å². The Morgan fingerprint density at radius 3 is 2.57 bits per heavy atom. The van der Waals surface area contributed by atoms with Crippen LogP contribution in [0.5, 0.6) is 0 Å². The molecule has 0 aliphatic carbocycles. The molecule has 0 atom stereocenters. The molecule has 2 heterocycles. The van der Waals surface area contributed by atoms with Crippen LogP contribution in [0.4, 0.5) is 5.82 Å². The fourth-order valence-electron chi connectivity index (χ4n) is 2.60. The molecule has 0 aliphatic heterocycles. The monoisotopic (exact) mass is 401 g/mol. The predicted octanol–water partition coefficient (Wildman–Crippen LogP) is 2.32. The maximum absolute atomic E-state index is 12.3. The van der Waals surface area contributed by atoms with E-state index in [1.807, 2.05) is 7.05 Å². The molecule has 3 aromatic rings. The van der Waals surface area contributed by atoms with Gasteiger partial charge >= 0.3 is 0 Å². The summed E-state index contributed by atoms with van der Waals surface area (Å²) in [6.07, 6.45) is 2.27. The molecule has 3 N–H and O–H groups in total. The van der Waals surface area contributed by atoms with E-state index in [-0.39, 0.29) is 10.7 Å². The van der Waals surface area contributed by atoms with Crippen LogP contribution < -0.4 is 11.1 Å². The number of hydrogen-bond donors (Lipinski definition) is 2. The summed E-state index contributed by atoms with van der Waals surface area (Å²) in [5, 5.41) is 6.59. The van der Waals surface area contributed by atoms with E-state index in [2.05, 4.69) is 20.4 Å². The van der Waals surface area contributed by atoms with Crippen LogP contribution in [0, 0.1) is 0 Å². The summed E-state index contributed by atoms with van der Waals surface area (Å²) < 4.78 is 29.9. The number of hydrogen-bond acceptors (Lipinski definition) is 8. The van der Waals surface area contributed by atoms with Gasteiger partial charge in [0.1, 0.15) is 0 Å². The molecule has 2 aromatic heterocycles. The highest BCUT2D eigenvalue weighted by molar-refractivity contribution is 7.92. The van der Waals surface area contributed by atoms with E-state index in [1.54, 1.807) is 50.4 Å². The number of aromatic nitrogens is 3. The summed E-state index contributed by atoms with van der Waals surface area (Å²) in [6, 6.07) is 8.36. The van der Waals surface area contributed by atoms with Gasteiger partial charge in [-0.15, -0.1) is 0 Å². The molecule has 0 fully saturated rings. The normalized spacial score (nSPS) is 11.9.